The summed E-state index contributed by atoms with van der Waals surface area (Å²) in [4.78, 5) is 4.20. The van der Waals surface area contributed by atoms with E-state index in [1.165, 1.54) is 0 Å². The first-order chi connectivity index (χ1) is 8.08. The van der Waals surface area contributed by atoms with E-state index in [1.54, 1.807) is 6.20 Å². The summed E-state index contributed by atoms with van der Waals surface area (Å²) in [7, 11) is 0. The van der Waals surface area contributed by atoms with E-state index >= 15 is 0 Å². The number of anilines is 1. The Hall–Kier alpha value is -1.97. The Labute approximate surface area is 101 Å². The third-order valence-corrected chi connectivity index (χ3v) is 2.46. The first-order valence-corrected chi connectivity index (χ1v) is 5.64. The third-order valence-electron chi connectivity index (χ3n) is 2.46. The largest absolute Gasteiger partial charge is 0.489 e. The summed E-state index contributed by atoms with van der Waals surface area (Å²) in [6, 6.07) is 5.74. The summed E-state index contributed by atoms with van der Waals surface area (Å²) in [5.41, 5.74) is 7.54. The molecule has 0 atom stereocenters. The Balaban J connectivity index is 2.41. The molecule has 0 aliphatic rings. The molecule has 0 aliphatic carbocycles. The number of aryl methyl sites for hydroxylation is 1. The predicted octanol–water partition coefficient (Wildman–Crippen LogP) is 2.55. The number of nitrogens with zero attached hydrogens (tertiary/aromatic N) is 2. The van der Waals surface area contributed by atoms with Crippen LogP contribution in [0.3, 0.4) is 0 Å². The molecule has 2 N–H and O–H groups in total. The van der Waals surface area contributed by atoms with Crippen molar-refractivity contribution in [1.29, 1.82) is 0 Å². The number of hydrogen-bond donors (Lipinski definition) is 1. The monoisotopic (exact) mass is 231 g/mol. The quantitative estimate of drug-likeness (QED) is 0.826. The van der Waals surface area contributed by atoms with Gasteiger partial charge in [-0.2, -0.15) is 0 Å². The van der Waals surface area contributed by atoms with E-state index in [0.29, 0.717) is 11.4 Å². The first-order valence-electron chi connectivity index (χ1n) is 5.64. The molecule has 1 aromatic carbocycles. The maximum Gasteiger partial charge on any atom is 0.144 e. The van der Waals surface area contributed by atoms with Crippen molar-refractivity contribution in [2.75, 3.05) is 5.73 Å². The standard InChI is InChI=1S/C13H17N3O/c1-9(2)17-13-8-11(4-5-12(13)14)16-7-6-15-10(16)3/h4-9H,14H2,1-3H3. The van der Waals surface area contributed by atoms with Crippen molar-refractivity contribution in [3.8, 4) is 11.4 Å². The summed E-state index contributed by atoms with van der Waals surface area (Å²) >= 11 is 0. The molecule has 90 valence electrons. The van der Waals surface area contributed by atoms with Crippen molar-refractivity contribution in [2.45, 2.75) is 26.9 Å². The zero-order chi connectivity index (χ0) is 12.4. The van der Waals surface area contributed by atoms with E-state index in [-0.39, 0.29) is 6.10 Å². The molecule has 0 fully saturated rings. The number of hydrogen-bond acceptors (Lipinski definition) is 3. The average molecular weight is 231 g/mol. The molecular weight excluding hydrogens is 214 g/mol. The Bertz CT molecular complexity index is 517. The van der Waals surface area contributed by atoms with E-state index in [2.05, 4.69) is 4.98 Å². The van der Waals surface area contributed by atoms with Gasteiger partial charge in [-0.1, -0.05) is 0 Å². The third kappa shape index (κ3) is 2.41. The number of benzene rings is 1. The molecule has 4 heteroatoms. The first kappa shape index (κ1) is 11.5. The fourth-order valence-corrected chi connectivity index (χ4v) is 1.68. The Morgan fingerprint density at radius 1 is 1.35 bits per heavy atom. The lowest BCUT2D eigenvalue weighted by molar-refractivity contribution is 0.244. The highest BCUT2D eigenvalue weighted by atomic mass is 16.5. The molecule has 0 aliphatic heterocycles. The topological polar surface area (TPSA) is 53.1 Å². The predicted molar refractivity (Wildman–Crippen MR) is 68.5 cm³/mol. The van der Waals surface area contributed by atoms with Crippen LogP contribution < -0.4 is 10.5 Å². The lowest BCUT2D eigenvalue weighted by Crippen LogP contribution is -2.08. The van der Waals surface area contributed by atoms with Gasteiger partial charge in [0.2, 0.25) is 0 Å². The van der Waals surface area contributed by atoms with E-state index < -0.39 is 0 Å². The van der Waals surface area contributed by atoms with Crippen molar-refractivity contribution in [2.24, 2.45) is 0 Å². The van der Waals surface area contributed by atoms with Crippen molar-refractivity contribution in [3.63, 3.8) is 0 Å². The van der Waals surface area contributed by atoms with Gasteiger partial charge in [0.05, 0.1) is 17.5 Å². The van der Waals surface area contributed by atoms with Gasteiger partial charge in [-0.25, -0.2) is 4.98 Å². The molecule has 0 radical (unpaired) electrons. The fraction of sp³-hybridized carbons (Fsp3) is 0.308. The lowest BCUT2D eigenvalue weighted by atomic mass is 10.2. The fourth-order valence-electron chi connectivity index (χ4n) is 1.68. The molecule has 0 unspecified atom stereocenters. The summed E-state index contributed by atoms with van der Waals surface area (Å²) in [5, 5.41) is 0. The highest BCUT2D eigenvalue weighted by Gasteiger charge is 2.07. The maximum atomic E-state index is 5.88. The van der Waals surface area contributed by atoms with Crippen molar-refractivity contribution in [1.82, 2.24) is 9.55 Å². The van der Waals surface area contributed by atoms with E-state index in [4.69, 9.17) is 10.5 Å². The van der Waals surface area contributed by atoms with Gasteiger partial charge in [0.25, 0.3) is 0 Å². The van der Waals surface area contributed by atoms with Crippen LogP contribution in [0.1, 0.15) is 19.7 Å². The van der Waals surface area contributed by atoms with E-state index in [0.717, 1.165) is 11.5 Å². The van der Waals surface area contributed by atoms with Gasteiger partial charge in [0.1, 0.15) is 11.6 Å². The minimum Gasteiger partial charge on any atom is -0.489 e. The van der Waals surface area contributed by atoms with Crippen molar-refractivity contribution >= 4 is 5.69 Å². The molecule has 1 aromatic heterocycles. The average Bonchev–Trinajstić information content (AvgIpc) is 2.67. The minimum absolute atomic E-state index is 0.108. The number of nitrogens with two attached hydrogens (primary N) is 1. The highest BCUT2D eigenvalue weighted by molar-refractivity contribution is 5.57. The van der Waals surface area contributed by atoms with Gasteiger partial charge in [-0.3, -0.25) is 0 Å². The van der Waals surface area contributed by atoms with Gasteiger partial charge < -0.3 is 15.0 Å². The normalized spacial score (nSPS) is 10.8. The molecule has 0 bridgehead atoms. The van der Waals surface area contributed by atoms with Crippen LogP contribution in [0.2, 0.25) is 0 Å². The summed E-state index contributed by atoms with van der Waals surface area (Å²) in [6.45, 7) is 5.92. The smallest absolute Gasteiger partial charge is 0.144 e. The maximum absolute atomic E-state index is 5.88. The minimum atomic E-state index is 0.108. The van der Waals surface area contributed by atoms with Gasteiger partial charge in [0, 0.05) is 18.5 Å². The molecule has 0 amide bonds. The second kappa shape index (κ2) is 4.49. The molecule has 17 heavy (non-hydrogen) atoms. The summed E-state index contributed by atoms with van der Waals surface area (Å²) < 4.78 is 7.66. The molecule has 4 nitrogen and oxygen atoms in total. The van der Waals surface area contributed by atoms with Crippen LogP contribution in [-0.2, 0) is 0 Å². The second-order valence-corrected chi connectivity index (χ2v) is 4.23. The number of ether oxygens (including phenoxy) is 1. The van der Waals surface area contributed by atoms with Gasteiger partial charge in [-0.05, 0) is 32.9 Å². The number of nitrogen functional groups attached to an aromatic ring is 1. The molecule has 1 heterocycles. The van der Waals surface area contributed by atoms with Gasteiger partial charge in [-0.15, -0.1) is 0 Å². The number of imidazole rings is 1. The van der Waals surface area contributed by atoms with Crippen LogP contribution in [0.25, 0.3) is 5.69 Å². The lowest BCUT2D eigenvalue weighted by Gasteiger charge is -2.14. The number of aromatic nitrogens is 2. The Kier molecular flexibility index (Phi) is 3.04. The molecule has 0 saturated carbocycles. The Morgan fingerprint density at radius 2 is 2.12 bits per heavy atom. The number of rotatable bonds is 3. The summed E-state index contributed by atoms with van der Waals surface area (Å²) in [5.74, 6) is 1.65. The van der Waals surface area contributed by atoms with Crippen LogP contribution in [0, 0.1) is 6.92 Å². The van der Waals surface area contributed by atoms with Gasteiger partial charge in [0.15, 0.2) is 0 Å². The zero-order valence-electron chi connectivity index (χ0n) is 10.3. The highest BCUT2D eigenvalue weighted by Crippen LogP contribution is 2.26. The molecule has 0 spiro atoms. The molecule has 2 aromatic rings. The SMILES string of the molecule is Cc1nccn1-c1ccc(N)c(OC(C)C)c1. The zero-order valence-corrected chi connectivity index (χ0v) is 10.3. The van der Waals surface area contributed by atoms with Crippen molar-refractivity contribution in [3.05, 3.63) is 36.4 Å². The summed E-state index contributed by atoms with van der Waals surface area (Å²) in [6.07, 6.45) is 3.80. The van der Waals surface area contributed by atoms with E-state index in [9.17, 15) is 0 Å². The van der Waals surface area contributed by atoms with Crippen LogP contribution in [0.15, 0.2) is 30.6 Å². The van der Waals surface area contributed by atoms with Crippen LogP contribution in [0.5, 0.6) is 5.75 Å². The second-order valence-electron chi connectivity index (χ2n) is 4.23. The molecular formula is C13H17N3O. The van der Waals surface area contributed by atoms with Crippen molar-refractivity contribution < 1.29 is 4.74 Å². The molecule has 0 saturated heterocycles. The van der Waals surface area contributed by atoms with Gasteiger partial charge >= 0.3 is 0 Å². The Morgan fingerprint density at radius 3 is 2.71 bits per heavy atom. The van der Waals surface area contributed by atoms with E-state index in [1.807, 2.05) is 49.7 Å². The van der Waals surface area contributed by atoms with Crippen LogP contribution >= 0.6 is 0 Å². The molecule has 2 rings (SSSR count). The van der Waals surface area contributed by atoms with Crippen LogP contribution in [-0.4, -0.2) is 15.7 Å². The van der Waals surface area contributed by atoms with Crippen LogP contribution in [0.4, 0.5) is 5.69 Å².